The van der Waals surface area contributed by atoms with Gasteiger partial charge in [-0.2, -0.15) is 0 Å². The third-order valence-electron chi connectivity index (χ3n) is 0.355. The van der Waals surface area contributed by atoms with Gasteiger partial charge in [0.2, 0.25) is 0 Å². The van der Waals surface area contributed by atoms with E-state index < -0.39 is 11.9 Å². The second-order valence-corrected chi connectivity index (χ2v) is 0.971. The molecule has 0 heterocycles. The van der Waals surface area contributed by atoms with Gasteiger partial charge in [-0.3, -0.25) is 0 Å². The van der Waals surface area contributed by atoms with Gasteiger partial charge < -0.3 is 25.3 Å². The Bertz CT molecular complexity index is 125. The summed E-state index contributed by atoms with van der Waals surface area (Å²) in [5.74, 6) is -3.09. The number of rotatable bonds is 2. The maximum atomic E-state index is 9.41. The van der Waals surface area contributed by atoms with Gasteiger partial charge in [0.15, 0.2) is 0 Å². The van der Waals surface area contributed by atoms with Crippen molar-refractivity contribution in [1.29, 1.82) is 0 Å². The van der Waals surface area contributed by atoms with Crippen molar-refractivity contribution in [2.24, 2.45) is 0 Å². The summed E-state index contributed by atoms with van der Waals surface area (Å²) in [6, 6.07) is 0. The van der Waals surface area contributed by atoms with Crippen molar-refractivity contribution in [3.8, 4) is 0 Å². The number of hydrogen-bond donors (Lipinski definition) is 0. The van der Waals surface area contributed by atoms with E-state index in [4.69, 9.17) is 0 Å². The molecule has 6 heteroatoms. The van der Waals surface area contributed by atoms with Crippen molar-refractivity contribution in [2.75, 3.05) is 0 Å². The molecule has 0 amide bonds. The molecule has 0 saturated carbocycles. The molecule has 52 valence electrons. The van der Waals surface area contributed by atoms with Gasteiger partial charge in [-0.05, 0) is 12.2 Å². The molecule has 5 nitrogen and oxygen atoms in total. The summed E-state index contributed by atoms with van der Waals surface area (Å²) in [5.41, 5.74) is 0. The van der Waals surface area contributed by atoms with Crippen LogP contribution in [0.1, 0.15) is 0 Å². The van der Waals surface area contributed by atoms with Crippen molar-refractivity contribution in [2.45, 2.75) is 0 Å². The van der Waals surface area contributed by atoms with Crippen LogP contribution in [0.25, 0.3) is 0 Å². The maximum Gasteiger partial charge on any atom is 2.00 e. The Hall–Kier alpha value is -0.594. The number of carboxylic acids is 2. The van der Waals surface area contributed by atoms with E-state index in [0.29, 0.717) is 12.2 Å². The quantitative estimate of drug-likeness (QED) is 0.298. The van der Waals surface area contributed by atoms with E-state index in [0.717, 1.165) is 0 Å². The fraction of sp³-hybridized carbons (Fsp3) is 0. The summed E-state index contributed by atoms with van der Waals surface area (Å²) < 4.78 is 0. The Kier molecular flexibility index (Phi) is 13.6. The first-order valence-corrected chi connectivity index (χ1v) is 1.73. The molecule has 10 heavy (non-hydrogen) atoms. The summed E-state index contributed by atoms with van der Waals surface area (Å²) in [6.07, 6.45) is 0.769. The molecule has 0 rings (SSSR count). The molecule has 0 aliphatic carbocycles. The van der Waals surface area contributed by atoms with Crippen molar-refractivity contribution in [3.05, 3.63) is 12.2 Å². The Morgan fingerprint density at radius 3 is 1.30 bits per heavy atom. The van der Waals surface area contributed by atoms with Crippen LogP contribution >= 0.6 is 0 Å². The second-order valence-electron chi connectivity index (χ2n) is 0.971. The van der Waals surface area contributed by atoms with E-state index in [9.17, 15) is 19.8 Å². The molecule has 0 spiro atoms. The molecule has 0 atom stereocenters. The van der Waals surface area contributed by atoms with Crippen LogP contribution in [0.4, 0.5) is 0 Å². The summed E-state index contributed by atoms with van der Waals surface area (Å²) >= 11 is 0. The van der Waals surface area contributed by atoms with E-state index in [-0.39, 0.29) is 28.5 Å². The standard InChI is InChI=1S/C4H4O4.Mg.H2O/c5-3(6)1-2-4(7)8;;/h1-2H,(H,5,6)(H,7,8);;1H2/q;+2;/p-2/b2-1+;;. The number of carboxylic acid groups (broad SMARTS) is 2. The van der Waals surface area contributed by atoms with Crippen LogP contribution in [0.15, 0.2) is 12.2 Å². The van der Waals surface area contributed by atoms with Gasteiger partial charge in [0.1, 0.15) is 0 Å². The molecular weight excluding hydrogens is 152 g/mol. The van der Waals surface area contributed by atoms with Crippen molar-refractivity contribution < 1.29 is 25.3 Å². The minimum atomic E-state index is -1.55. The predicted octanol–water partition coefficient (Wildman–Crippen LogP) is -4.16. The fourth-order valence-corrected chi connectivity index (χ4v) is 0.136. The predicted molar refractivity (Wildman–Crippen MR) is 28.5 cm³/mol. The molecular formula is C4H4MgO5. The zero-order valence-corrected chi connectivity index (χ0v) is 6.41. The molecule has 0 fully saturated rings. The smallest absolute Gasteiger partial charge is 0.545 e. The van der Waals surface area contributed by atoms with Crippen LogP contribution in [0, 0.1) is 0 Å². The summed E-state index contributed by atoms with van der Waals surface area (Å²) in [5, 5.41) is 18.8. The van der Waals surface area contributed by atoms with Gasteiger partial charge in [-0.1, -0.05) is 0 Å². The van der Waals surface area contributed by atoms with Crippen LogP contribution in [0.3, 0.4) is 0 Å². The molecule has 0 aromatic rings. The van der Waals surface area contributed by atoms with E-state index in [1.54, 1.807) is 0 Å². The molecule has 0 saturated heterocycles. The third-order valence-corrected chi connectivity index (χ3v) is 0.355. The van der Waals surface area contributed by atoms with E-state index in [1.165, 1.54) is 0 Å². The second kappa shape index (κ2) is 8.41. The van der Waals surface area contributed by atoms with E-state index >= 15 is 0 Å². The largest absolute Gasteiger partial charge is 2.00 e. The maximum absolute atomic E-state index is 9.41. The zero-order chi connectivity index (χ0) is 6.57. The Morgan fingerprint density at radius 2 is 1.20 bits per heavy atom. The normalized spacial score (nSPS) is 7.60. The van der Waals surface area contributed by atoms with E-state index in [1.807, 2.05) is 0 Å². The molecule has 0 unspecified atom stereocenters. The fourth-order valence-electron chi connectivity index (χ4n) is 0.136. The van der Waals surface area contributed by atoms with Crippen molar-refractivity contribution in [3.63, 3.8) is 0 Å². The monoisotopic (exact) mass is 156 g/mol. The first kappa shape index (κ1) is 16.2. The molecule has 0 aliphatic heterocycles. The zero-order valence-electron chi connectivity index (χ0n) is 4.99. The minimum absolute atomic E-state index is 0. The molecule has 2 N–H and O–H groups in total. The van der Waals surface area contributed by atoms with Gasteiger partial charge in [-0.25, -0.2) is 0 Å². The first-order valence-electron chi connectivity index (χ1n) is 1.73. The van der Waals surface area contributed by atoms with Crippen LogP contribution < -0.4 is 10.2 Å². The number of carbonyl (C=O) groups excluding carboxylic acids is 2. The molecule has 0 bridgehead atoms. The number of aliphatic carboxylic acids is 2. The topological polar surface area (TPSA) is 112 Å². The number of hydrogen-bond acceptors (Lipinski definition) is 4. The Labute approximate surface area is 72.8 Å². The summed E-state index contributed by atoms with van der Waals surface area (Å²) in [6.45, 7) is 0. The SMILES string of the molecule is O.O=C([O-])/C=C/C(=O)[O-].[Mg+2]. The van der Waals surface area contributed by atoms with E-state index in [2.05, 4.69) is 0 Å². The van der Waals surface area contributed by atoms with Crippen molar-refractivity contribution in [1.82, 2.24) is 0 Å². The van der Waals surface area contributed by atoms with Gasteiger partial charge in [0.05, 0.1) is 11.9 Å². The van der Waals surface area contributed by atoms with Gasteiger partial charge in [-0.15, -0.1) is 0 Å². The van der Waals surface area contributed by atoms with Gasteiger partial charge >= 0.3 is 23.1 Å². The molecule has 0 aromatic heterocycles. The number of carbonyl (C=O) groups is 2. The van der Waals surface area contributed by atoms with Gasteiger partial charge in [0, 0.05) is 0 Å². The molecule has 0 aromatic carbocycles. The average molecular weight is 156 g/mol. The average Bonchev–Trinajstić information content (AvgIpc) is 1.61. The summed E-state index contributed by atoms with van der Waals surface area (Å²) in [7, 11) is 0. The summed E-state index contributed by atoms with van der Waals surface area (Å²) in [4.78, 5) is 18.8. The first-order chi connectivity index (χ1) is 3.63. The Balaban J connectivity index is -0.000000245. The molecule has 0 aliphatic rings. The van der Waals surface area contributed by atoms with Crippen LogP contribution in [0.2, 0.25) is 0 Å². The Morgan fingerprint density at radius 1 is 1.00 bits per heavy atom. The van der Waals surface area contributed by atoms with Crippen LogP contribution in [-0.2, 0) is 9.59 Å². The van der Waals surface area contributed by atoms with Crippen LogP contribution in [-0.4, -0.2) is 40.5 Å². The van der Waals surface area contributed by atoms with Gasteiger partial charge in [0.25, 0.3) is 0 Å². The third kappa shape index (κ3) is 15.7. The van der Waals surface area contributed by atoms with Crippen molar-refractivity contribution >= 4 is 35.0 Å². The minimum Gasteiger partial charge on any atom is -0.545 e. The molecule has 0 radical (unpaired) electrons. The van der Waals surface area contributed by atoms with Crippen LogP contribution in [0.5, 0.6) is 0 Å².